The van der Waals surface area contributed by atoms with Crippen LogP contribution in [-0.2, 0) is 0 Å². The van der Waals surface area contributed by atoms with E-state index in [1.54, 1.807) is 0 Å². The molecule has 0 aromatic heterocycles. The lowest BCUT2D eigenvalue weighted by Crippen LogP contribution is -3.00. The minimum Gasteiger partial charge on any atom is -1.00 e. The van der Waals surface area contributed by atoms with Crippen LogP contribution in [0.2, 0.25) is 0 Å². The highest BCUT2D eigenvalue weighted by Gasteiger charge is 2.19. The number of nitro groups is 2. The van der Waals surface area contributed by atoms with Gasteiger partial charge in [0.1, 0.15) is 0 Å². The lowest BCUT2D eigenvalue weighted by molar-refractivity contribution is -0.385. The summed E-state index contributed by atoms with van der Waals surface area (Å²) >= 11 is 0. The summed E-state index contributed by atoms with van der Waals surface area (Å²) in [6, 6.07) is 11.3. The third-order valence-corrected chi connectivity index (χ3v) is 5.58. The first-order valence-corrected chi connectivity index (χ1v) is 10.3. The van der Waals surface area contributed by atoms with E-state index in [4.69, 9.17) is 0 Å². The summed E-state index contributed by atoms with van der Waals surface area (Å²) in [5.41, 5.74) is 0.868. The number of hydrogen-bond donors (Lipinski definition) is 0. The molecule has 2 aromatic rings. The van der Waals surface area contributed by atoms with Gasteiger partial charge >= 0.3 is 0 Å². The Hall–Kier alpha value is -2.92. The van der Waals surface area contributed by atoms with Crippen LogP contribution < -0.4 is 24.8 Å². The third-order valence-electron chi connectivity index (χ3n) is 5.58. The van der Waals surface area contributed by atoms with Crippen molar-refractivity contribution >= 4 is 22.9 Å². The van der Waals surface area contributed by atoms with E-state index in [2.05, 4.69) is 9.80 Å². The Balaban J connectivity index is 0.00000289. The predicted molar refractivity (Wildman–Crippen MR) is 117 cm³/mol. The summed E-state index contributed by atoms with van der Waals surface area (Å²) in [5.74, 6) is -0.0907. The monoisotopic (exact) mass is 510 g/mol. The van der Waals surface area contributed by atoms with E-state index in [0.717, 1.165) is 26.2 Å². The number of rotatable bonds is 10. The maximum absolute atomic E-state index is 12.3. The van der Waals surface area contributed by atoms with Gasteiger partial charge in [0.2, 0.25) is 0 Å². The molecule has 0 atom stereocenters. The molecule has 1 heterocycles. The quantitative estimate of drug-likeness (QED) is 0.187. The van der Waals surface area contributed by atoms with Gasteiger partial charge in [-0.05, 0) is 24.3 Å². The molecule has 1 aliphatic rings. The Morgan fingerprint density at radius 3 is 1.21 bits per heavy atom. The minimum atomic E-state index is -0.493. The van der Waals surface area contributed by atoms with E-state index >= 15 is 0 Å². The second-order valence-electron chi connectivity index (χ2n) is 7.64. The molecule has 0 radical (unpaired) electrons. The summed E-state index contributed by atoms with van der Waals surface area (Å²) in [6.07, 6.45) is 0.687. The fourth-order valence-electron chi connectivity index (χ4n) is 3.58. The Bertz CT molecular complexity index is 912. The normalized spacial score (nSPS) is 13.9. The first-order chi connectivity index (χ1) is 15.3. The van der Waals surface area contributed by atoms with Gasteiger partial charge in [0.05, 0.1) is 9.85 Å². The molecule has 34 heavy (non-hydrogen) atoms. The molecule has 10 nitrogen and oxygen atoms in total. The van der Waals surface area contributed by atoms with Gasteiger partial charge in [-0.1, -0.05) is 0 Å². The number of piperazine rings is 1. The van der Waals surface area contributed by atoms with Crippen molar-refractivity contribution in [1.82, 2.24) is 9.80 Å². The maximum atomic E-state index is 12.3. The lowest BCUT2D eigenvalue weighted by Gasteiger charge is -2.34. The predicted octanol–water partition coefficient (Wildman–Crippen LogP) is -3.03. The first-order valence-electron chi connectivity index (χ1n) is 10.3. The van der Waals surface area contributed by atoms with Gasteiger partial charge in [-0.15, -0.1) is 0 Å². The van der Waals surface area contributed by atoms with Gasteiger partial charge in [0.25, 0.3) is 11.4 Å². The summed E-state index contributed by atoms with van der Waals surface area (Å²) < 4.78 is 0. The summed E-state index contributed by atoms with van der Waals surface area (Å²) in [5, 5.41) is 21.4. The Kier molecular flexibility index (Phi) is 11.7. The maximum Gasteiger partial charge on any atom is 0.269 e. The van der Waals surface area contributed by atoms with Crippen LogP contribution in [0.4, 0.5) is 11.4 Å². The smallest absolute Gasteiger partial charge is 0.269 e. The number of Topliss-reactive ketones (excluding diaryl/α,β-unsaturated/α-hetero) is 2. The fourth-order valence-corrected chi connectivity index (χ4v) is 3.58. The van der Waals surface area contributed by atoms with Crippen LogP contribution in [0.5, 0.6) is 0 Å². The highest BCUT2D eigenvalue weighted by Crippen LogP contribution is 2.15. The molecule has 1 aliphatic heterocycles. The summed E-state index contributed by atoms with van der Waals surface area (Å²) in [4.78, 5) is 49.4. The Labute approximate surface area is 209 Å². The average Bonchev–Trinajstić information content (AvgIpc) is 2.81. The van der Waals surface area contributed by atoms with Crippen molar-refractivity contribution < 1.29 is 44.2 Å². The van der Waals surface area contributed by atoms with E-state index in [0.29, 0.717) is 37.1 Å². The number of benzene rings is 2. The molecule has 1 fully saturated rings. The van der Waals surface area contributed by atoms with Crippen LogP contribution in [0, 0.1) is 20.2 Å². The van der Waals surface area contributed by atoms with Crippen molar-refractivity contribution in [2.24, 2.45) is 0 Å². The molecular weight excluding hydrogens is 487 g/mol. The Morgan fingerprint density at radius 1 is 0.647 bits per heavy atom. The number of non-ortho nitro benzene ring substituents is 2. The van der Waals surface area contributed by atoms with Crippen LogP contribution in [0.15, 0.2) is 48.5 Å². The third kappa shape index (κ3) is 8.14. The largest absolute Gasteiger partial charge is 1.00 e. The van der Waals surface area contributed by atoms with Gasteiger partial charge < -0.3 is 34.6 Å². The fraction of sp³-hybridized carbons (Fsp3) is 0.364. The van der Waals surface area contributed by atoms with Gasteiger partial charge in [0.15, 0.2) is 11.6 Å². The molecule has 0 aliphatic carbocycles. The molecule has 0 amide bonds. The lowest BCUT2D eigenvalue weighted by atomic mass is 10.1. The zero-order valence-electron chi connectivity index (χ0n) is 18.3. The Morgan fingerprint density at radius 2 is 0.941 bits per heavy atom. The van der Waals surface area contributed by atoms with E-state index in [-0.39, 0.29) is 47.8 Å². The number of halogens is 2. The number of hydrogen-bond acceptors (Lipinski definition) is 8. The molecule has 1 saturated heterocycles. The average molecular weight is 511 g/mol. The highest BCUT2D eigenvalue weighted by atomic mass is 35.5. The first kappa shape index (κ1) is 29.1. The van der Waals surface area contributed by atoms with Crippen molar-refractivity contribution in [1.29, 1.82) is 0 Å². The summed E-state index contributed by atoms with van der Waals surface area (Å²) in [6.45, 7) is 4.40. The second kappa shape index (κ2) is 13.7. The standard InChI is InChI=1S/C22H24N4O6.2ClH/c27-21(17-1-5-19(6-2-17)25(29)30)9-11-23-13-15-24(16-14-23)12-10-22(28)18-3-7-20(8-4-18)26(31)32;;/h1-8H,9-16H2;2*1H/p-2. The number of nitro benzene ring substituents is 2. The van der Waals surface area contributed by atoms with E-state index < -0.39 is 9.85 Å². The van der Waals surface area contributed by atoms with E-state index in [1.165, 1.54) is 48.5 Å². The van der Waals surface area contributed by atoms with Crippen molar-refractivity contribution in [3.63, 3.8) is 0 Å². The zero-order chi connectivity index (χ0) is 23.1. The second-order valence-corrected chi connectivity index (χ2v) is 7.64. The van der Waals surface area contributed by atoms with Crippen molar-refractivity contribution in [2.45, 2.75) is 12.8 Å². The number of nitrogens with zero attached hydrogens (tertiary/aromatic N) is 4. The van der Waals surface area contributed by atoms with Crippen LogP contribution in [0.3, 0.4) is 0 Å². The zero-order valence-corrected chi connectivity index (χ0v) is 19.8. The molecule has 184 valence electrons. The van der Waals surface area contributed by atoms with Crippen LogP contribution in [0.25, 0.3) is 0 Å². The molecule has 3 rings (SSSR count). The minimum absolute atomic E-state index is 0. The molecule has 0 N–H and O–H groups in total. The van der Waals surface area contributed by atoms with E-state index in [1.807, 2.05) is 0 Å². The van der Waals surface area contributed by atoms with Crippen LogP contribution in [-0.4, -0.2) is 70.5 Å². The molecule has 0 bridgehead atoms. The van der Waals surface area contributed by atoms with Gasteiger partial charge in [-0.2, -0.15) is 0 Å². The molecule has 0 unspecified atom stereocenters. The SMILES string of the molecule is O=C(CCN1CCN(CCC(=O)c2ccc([N+](=O)[O-])cc2)CC1)c1ccc([N+](=O)[O-])cc1.[Cl-].[Cl-]. The van der Waals surface area contributed by atoms with Crippen molar-refractivity contribution in [3.05, 3.63) is 79.9 Å². The number of carbonyl (C=O) groups is 2. The molecule has 0 spiro atoms. The van der Waals surface area contributed by atoms with Gasteiger partial charge in [0, 0.05) is 87.5 Å². The topological polar surface area (TPSA) is 127 Å². The summed E-state index contributed by atoms with van der Waals surface area (Å²) in [7, 11) is 0. The van der Waals surface area contributed by atoms with Crippen LogP contribution in [0.1, 0.15) is 33.6 Å². The molecular formula is C22H24Cl2N4O6-2. The van der Waals surface area contributed by atoms with Gasteiger partial charge in [-0.3, -0.25) is 29.8 Å². The number of carbonyl (C=O) groups excluding carboxylic acids is 2. The molecule has 12 heteroatoms. The number of ketones is 2. The highest BCUT2D eigenvalue weighted by molar-refractivity contribution is 5.96. The molecule has 0 saturated carbocycles. The van der Waals surface area contributed by atoms with Crippen molar-refractivity contribution in [2.75, 3.05) is 39.3 Å². The van der Waals surface area contributed by atoms with Crippen LogP contribution >= 0.6 is 0 Å². The molecule has 2 aromatic carbocycles. The van der Waals surface area contributed by atoms with Gasteiger partial charge in [-0.25, -0.2) is 0 Å². The van der Waals surface area contributed by atoms with E-state index in [9.17, 15) is 29.8 Å². The van der Waals surface area contributed by atoms with Crippen molar-refractivity contribution in [3.8, 4) is 0 Å².